The first-order valence-electron chi connectivity index (χ1n) is 6.98. The van der Waals surface area contributed by atoms with Crippen LogP contribution in [-0.2, 0) is 20.0 Å². The summed E-state index contributed by atoms with van der Waals surface area (Å²) in [6, 6.07) is 6.06. The molecule has 0 aliphatic heterocycles. The van der Waals surface area contributed by atoms with Crippen molar-refractivity contribution in [1.82, 2.24) is 14.8 Å². The zero-order valence-corrected chi connectivity index (χ0v) is 12.7. The predicted molar refractivity (Wildman–Crippen MR) is 82.7 cm³/mol. The minimum absolute atomic E-state index is 0.719. The summed E-state index contributed by atoms with van der Waals surface area (Å²) in [5.74, 6) is 0.955. The molecule has 0 unspecified atom stereocenters. The maximum absolute atomic E-state index is 6.23. The monoisotopic (exact) mass is 273 g/mol. The van der Waals surface area contributed by atoms with Crippen LogP contribution >= 0.6 is 0 Å². The van der Waals surface area contributed by atoms with Gasteiger partial charge in [0, 0.05) is 19.8 Å². The molecular weight excluding hydrogens is 250 g/mol. The molecule has 0 radical (unpaired) electrons. The molecule has 20 heavy (non-hydrogen) atoms. The Labute approximate surface area is 120 Å². The molecule has 0 fully saturated rings. The number of anilines is 2. The van der Waals surface area contributed by atoms with E-state index in [1.54, 1.807) is 0 Å². The summed E-state index contributed by atoms with van der Waals surface area (Å²) in [6.45, 7) is 4.85. The lowest BCUT2D eigenvalue weighted by Gasteiger charge is -2.19. The van der Waals surface area contributed by atoms with Crippen LogP contribution in [0.2, 0.25) is 0 Å². The Bertz CT molecular complexity index is 588. The van der Waals surface area contributed by atoms with Crippen molar-refractivity contribution < 1.29 is 0 Å². The Balaban J connectivity index is 2.23. The van der Waals surface area contributed by atoms with E-state index in [4.69, 9.17) is 5.73 Å². The third kappa shape index (κ3) is 2.92. The third-order valence-electron chi connectivity index (χ3n) is 3.32. The zero-order chi connectivity index (χ0) is 14.7. The number of hydrogen-bond acceptors (Lipinski definition) is 4. The Kier molecular flexibility index (Phi) is 4.27. The standard InChI is InChI=1S/C15H23N5/c1-5-7-13-14(16)15(20(4)18-13)19(3)10-12-9-6-8-11(2)17-12/h6,8-9H,5,7,10,16H2,1-4H3. The van der Waals surface area contributed by atoms with Gasteiger partial charge in [-0.1, -0.05) is 19.4 Å². The maximum Gasteiger partial charge on any atom is 0.150 e. The molecule has 0 atom stereocenters. The van der Waals surface area contributed by atoms with Crippen LogP contribution in [0.25, 0.3) is 0 Å². The fraction of sp³-hybridized carbons (Fsp3) is 0.467. The molecule has 0 aliphatic carbocycles. The van der Waals surface area contributed by atoms with Gasteiger partial charge in [-0.3, -0.25) is 9.67 Å². The minimum atomic E-state index is 0.719. The number of aryl methyl sites for hydroxylation is 3. The van der Waals surface area contributed by atoms with Gasteiger partial charge in [0.05, 0.1) is 23.6 Å². The molecule has 0 aliphatic rings. The highest BCUT2D eigenvalue weighted by Crippen LogP contribution is 2.27. The van der Waals surface area contributed by atoms with Crippen LogP contribution in [0, 0.1) is 6.92 Å². The molecule has 2 rings (SSSR count). The number of rotatable bonds is 5. The summed E-state index contributed by atoms with van der Waals surface area (Å²) in [6.07, 6.45) is 1.96. The third-order valence-corrected chi connectivity index (χ3v) is 3.32. The quantitative estimate of drug-likeness (QED) is 0.908. The van der Waals surface area contributed by atoms with Crippen molar-refractivity contribution in [2.45, 2.75) is 33.2 Å². The van der Waals surface area contributed by atoms with Gasteiger partial charge in [0.1, 0.15) is 0 Å². The molecule has 2 N–H and O–H groups in total. The van der Waals surface area contributed by atoms with Crippen LogP contribution in [0.4, 0.5) is 11.5 Å². The largest absolute Gasteiger partial charge is 0.394 e. The average molecular weight is 273 g/mol. The van der Waals surface area contributed by atoms with Gasteiger partial charge >= 0.3 is 0 Å². The molecule has 0 saturated carbocycles. The fourth-order valence-corrected chi connectivity index (χ4v) is 2.47. The molecule has 5 nitrogen and oxygen atoms in total. The van der Waals surface area contributed by atoms with Crippen LogP contribution in [0.5, 0.6) is 0 Å². The topological polar surface area (TPSA) is 60.0 Å². The van der Waals surface area contributed by atoms with Crippen molar-refractivity contribution in [3.63, 3.8) is 0 Å². The molecule has 2 aromatic heterocycles. The summed E-state index contributed by atoms with van der Waals surface area (Å²) in [4.78, 5) is 6.63. The minimum Gasteiger partial charge on any atom is -0.394 e. The normalized spacial score (nSPS) is 10.8. The van der Waals surface area contributed by atoms with E-state index in [1.165, 1.54) is 0 Å². The predicted octanol–water partition coefficient (Wildman–Crippen LogP) is 2.29. The highest BCUT2D eigenvalue weighted by atomic mass is 15.4. The molecule has 108 valence electrons. The number of nitrogens with two attached hydrogens (primary N) is 1. The van der Waals surface area contributed by atoms with Gasteiger partial charge in [-0.05, 0) is 25.5 Å². The first kappa shape index (κ1) is 14.4. The van der Waals surface area contributed by atoms with Crippen LogP contribution in [0.1, 0.15) is 30.4 Å². The number of pyridine rings is 1. The fourth-order valence-electron chi connectivity index (χ4n) is 2.47. The van der Waals surface area contributed by atoms with Crippen molar-refractivity contribution in [1.29, 1.82) is 0 Å². The van der Waals surface area contributed by atoms with Crippen LogP contribution in [0.15, 0.2) is 18.2 Å². The summed E-state index contributed by atoms with van der Waals surface area (Å²) in [5, 5.41) is 4.51. The van der Waals surface area contributed by atoms with Crippen LogP contribution in [0.3, 0.4) is 0 Å². The lowest BCUT2D eigenvalue weighted by atomic mass is 10.2. The molecule has 0 amide bonds. The molecule has 0 aromatic carbocycles. The Morgan fingerprint density at radius 2 is 2.10 bits per heavy atom. The van der Waals surface area contributed by atoms with E-state index < -0.39 is 0 Å². The second-order valence-corrected chi connectivity index (χ2v) is 5.18. The SMILES string of the molecule is CCCc1nn(C)c(N(C)Cc2cccc(C)n2)c1N. The molecule has 0 bridgehead atoms. The smallest absolute Gasteiger partial charge is 0.150 e. The lowest BCUT2D eigenvalue weighted by Crippen LogP contribution is -2.21. The highest BCUT2D eigenvalue weighted by molar-refractivity contribution is 5.66. The van der Waals surface area contributed by atoms with E-state index in [9.17, 15) is 0 Å². The van der Waals surface area contributed by atoms with Gasteiger partial charge in [-0.2, -0.15) is 5.10 Å². The van der Waals surface area contributed by atoms with Crippen molar-refractivity contribution in [3.8, 4) is 0 Å². The number of hydrogen-bond donors (Lipinski definition) is 1. The Morgan fingerprint density at radius 3 is 2.75 bits per heavy atom. The van der Waals surface area contributed by atoms with Gasteiger partial charge in [-0.15, -0.1) is 0 Å². The molecule has 2 heterocycles. The van der Waals surface area contributed by atoms with E-state index in [2.05, 4.69) is 21.9 Å². The van der Waals surface area contributed by atoms with E-state index in [0.29, 0.717) is 0 Å². The van der Waals surface area contributed by atoms with Gasteiger partial charge in [0.15, 0.2) is 5.82 Å². The zero-order valence-electron chi connectivity index (χ0n) is 12.7. The first-order chi connectivity index (χ1) is 9.52. The number of aromatic nitrogens is 3. The summed E-state index contributed by atoms with van der Waals surface area (Å²) < 4.78 is 1.86. The Hall–Kier alpha value is -2.04. The first-order valence-corrected chi connectivity index (χ1v) is 6.98. The van der Waals surface area contributed by atoms with Crippen LogP contribution < -0.4 is 10.6 Å². The molecule has 0 saturated heterocycles. The second kappa shape index (κ2) is 5.94. The van der Waals surface area contributed by atoms with Crippen LogP contribution in [-0.4, -0.2) is 21.8 Å². The van der Waals surface area contributed by atoms with Gasteiger partial charge in [0.25, 0.3) is 0 Å². The van der Waals surface area contributed by atoms with Gasteiger partial charge < -0.3 is 10.6 Å². The molecular formula is C15H23N5. The van der Waals surface area contributed by atoms with Crippen molar-refractivity contribution in [2.75, 3.05) is 17.7 Å². The van der Waals surface area contributed by atoms with Crippen molar-refractivity contribution in [2.24, 2.45) is 7.05 Å². The van der Waals surface area contributed by atoms with Crippen molar-refractivity contribution >= 4 is 11.5 Å². The number of nitrogens with zero attached hydrogens (tertiary/aromatic N) is 4. The molecule has 0 spiro atoms. The average Bonchev–Trinajstić information content (AvgIpc) is 2.65. The molecule has 5 heteroatoms. The van der Waals surface area contributed by atoms with Gasteiger partial charge in [0.2, 0.25) is 0 Å². The second-order valence-electron chi connectivity index (χ2n) is 5.18. The summed E-state index contributed by atoms with van der Waals surface area (Å²) in [5.41, 5.74) is 10.1. The van der Waals surface area contributed by atoms with E-state index >= 15 is 0 Å². The lowest BCUT2D eigenvalue weighted by molar-refractivity contribution is 0.709. The van der Waals surface area contributed by atoms with Gasteiger partial charge in [-0.25, -0.2) is 0 Å². The molecule has 2 aromatic rings. The van der Waals surface area contributed by atoms with E-state index in [0.717, 1.165) is 48.0 Å². The van der Waals surface area contributed by atoms with Crippen molar-refractivity contribution in [3.05, 3.63) is 35.3 Å². The number of nitrogen functional groups attached to an aromatic ring is 1. The highest BCUT2D eigenvalue weighted by Gasteiger charge is 2.16. The summed E-state index contributed by atoms with van der Waals surface area (Å²) >= 11 is 0. The summed E-state index contributed by atoms with van der Waals surface area (Å²) in [7, 11) is 3.96. The van der Waals surface area contributed by atoms with E-state index in [-0.39, 0.29) is 0 Å². The maximum atomic E-state index is 6.23. The van der Waals surface area contributed by atoms with E-state index in [1.807, 2.05) is 43.9 Å². The Morgan fingerprint density at radius 1 is 1.35 bits per heavy atom.